The summed E-state index contributed by atoms with van der Waals surface area (Å²) in [5, 5.41) is 21.6. The molecule has 2 aromatic carbocycles. The number of carbonyl (C=O) groups excluding carboxylic acids is 2. The van der Waals surface area contributed by atoms with E-state index in [2.05, 4.69) is 17.6 Å². The minimum Gasteiger partial charge on any atom is -0.477 e. The second kappa shape index (κ2) is 11.1. The fourth-order valence-electron chi connectivity index (χ4n) is 7.36. The van der Waals surface area contributed by atoms with Crippen LogP contribution in [0.15, 0.2) is 54.6 Å². The van der Waals surface area contributed by atoms with Crippen molar-refractivity contribution in [3.63, 3.8) is 0 Å². The summed E-state index contributed by atoms with van der Waals surface area (Å²) in [6.07, 6.45) is 5.71. The average Bonchev–Trinajstić information content (AvgIpc) is 3.61. The molecule has 2 aromatic heterocycles. The third kappa shape index (κ3) is 5.00. The van der Waals surface area contributed by atoms with E-state index in [1.165, 1.54) is 0 Å². The number of ketones is 1. The summed E-state index contributed by atoms with van der Waals surface area (Å²) >= 11 is 1.16. The number of anilines is 1. The zero-order valence-corrected chi connectivity index (χ0v) is 25.1. The van der Waals surface area contributed by atoms with Crippen LogP contribution in [0.3, 0.4) is 0 Å². The summed E-state index contributed by atoms with van der Waals surface area (Å²) in [6, 6.07) is 17.6. The molecule has 1 aliphatic heterocycles. The molecule has 0 saturated heterocycles. The van der Waals surface area contributed by atoms with Crippen LogP contribution in [-0.4, -0.2) is 44.6 Å². The standard InChI is InChI=1S/C35H36N2O5S/c1-20-6-8-21(9-7-20)34(40)37(24-11-13-25(38)14-12-24)30-18-32(43-33(30)35(41)42)23-10-15-26-27(16-23)31(39)19-36-28-5-3-2-4-22(28)17-29(26)36/h2-5,10,15-18,20-21,24-25,38H,6-9,11-14,19H2,1H3,(H,41,42). The number of thiophene rings is 1. The Morgan fingerprint density at radius 3 is 2.40 bits per heavy atom. The van der Waals surface area contributed by atoms with E-state index in [1.54, 1.807) is 4.90 Å². The number of nitrogens with zero attached hydrogens (tertiary/aromatic N) is 2. The van der Waals surface area contributed by atoms with Gasteiger partial charge in [0.25, 0.3) is 0 Å². The van der Waals surface area contributed by atoms with Crippen LogP contribution in [0.5, 0.6) is 0 Å². The molecule has 7 rings (SSSR count). The molecule has 0 unspecified atom stereocenters. The molecule has 3 aliphatic rings. The normalized spacial score (nSPS) is 23.5. The number of aliphatic hydroxyl groups excluding tert-OH is 1. The molecule has 222 valence electrons. The molecule has 0 radical (unpaired) electrons. The number of carbonyl (C=O) groups is 3. The molecule has 8 heteroatoms. The minimum absolute atomic E-state index is 0.00795. The minimum atomic E-state index is -1.06. The molecule has 43 heavy (non-hydrogen) atoms. The van der Waals surface area contributed by atoms with Crippen molar-refractivity contribution in [3.8, 4) is 21.7 Å². The number of aromatic carboxylic acids is 1. The van der Waals surface area contributed by atoms with Crippen LogP contribution in [0, 0.1) is 11.8 Å². The van der Waals surface area contributed by atoms with Gasteiger partial charge in [-0.05, 0) is 87.1 Å². The van der Waals surface area contributed by atoms with E-state index in [4.69, 9.17) is 0 Å². The lowest BCUT2D eigenvalue weighted by Crippen LogP contribution is -2.47. The summed E-state index contributed by atoms with van der Waals surface area (Å²) in [5.41, 5.74) is 4.75. The summed E-state index contributed by atoms with van der Waals surface area (Å²) in [6.45, 7) is 2.47. The Labute approximate surface area is 254 Å². The van der Waals surface area contributed by atoms with Gasteiger partial charge in [-0.25, -0.2) is 4.79 Å². The summed E-state index contributed by atoms with van der Waals surface area (Å²) in [5.74, 6) is -0.562. The monoisotopic (exact) mass is 596 g/mol. The fourth-order valence-corrected chi connectivity index (χ4v) is 8.34. The maximum Gasteiger partial charge on any atom is 0.348 e. The van der Waals surface area contributed by atoms with Crippen LogP contribution in [0.4, 0.5) is 5.69 Å². The molecule has 1 amide bonds. The van der Waals surface area contributed by atoms with E-state index in [0.717, 1.165) is 69.6 Å². The highest BCUT2D eigenvalue weighted by atomic mass is 32.1. The maximum absolute atomic E-state index is 14.2. The van der Waals surface area contributed by atoms with E-state index in [0.29, 0.717) is 42.9 Å². The Morgan fingerprint density at radius 2 is 1.65 bits per heavy atom. The molecule has 0 bridgehead atoms. The number of aliphatic hydroxyl groups is 1. The zero-order valence-electron chi connectivity index (χ0n) is 24.3. The van der Waals surface area contributed by atoms with E-state index in [1.807, 2.05) is 48.5 Å². The Bertz CT molecular complexity index is 1740. The number of hydrogen-bond donors (Lipinski definition) is 2. The first-order valence-corrected chi connectivity index (χ1v) is 16.2. The molecule has 3 heterocycles. The first-order valence-electron chi connectivity index (χ1n) is 15.4. The van der Waals surface area contributed by atoms with Crippen LogP contribution >= 0.6 is 11.3 Å². The van der Waals surface area contributed by atoms with Crippen molar-refractivity contribution in [2.75, 3.05) is 4.90 Å². The summed E-state index contributed by atoms with van der Waals surface area (Å²) in [7, 11) is 0. The van der Waals surface area contributed by atoms with Crippen molar-refractivity contribution >= 4 is 45.6 Å². The van der Waals surface area contributed by atoms with Gasteiger partial charge in [0.1, 0.15) is 4.88 Å². The van der Waals surface area contributed by atoms with Gasteiger partial charge < -0.3 is 19.7 Å². The number of rotatable bonds is 5. The van der Waals surface area contributed by atoms with E-state index in [-0.39, 0.29) is 41.2 Å². The highest BCUT2D eigenvalue weighted by Gasteiger charge is 2.37. The number of hydrogen-bond acceptors (Lipinski definition) is 5. The highest BCUT2D eigenvalue weighted by Crippen LogP contribution is 2.43. The molecular formula is C35H36N2O5S. The van der Waals surface area contributed by atoms with Gasteiger partial charge >= 0.3 is 5.97 Å². The number of amides is 1. The number of carboxylic acid groups (broad SMARTS) is 1. The largest absolute Gasteiger partial charge is 0.477 e. The molecule has 2 N–H and O–H groups in total. The number of benzene rings is 2. The van der Waals surface area contributed by atoms with Gasteiger partial charge in [-0.2, -0.15) is 0 Å². The van der Waals surface area contributed by atoms with Crippen LogP contribution < -0.4 is 4.90 Å². The number of carboxylic acids is 1. The zero-order chi connectivity index (χ0) is 29.8. The van der Waals surface area contributed by atoms with E-state index >= 15 is 0 Å². The fraction of sp³-hybridized carbons (Fsp3) is 0.400. The van der Waals surface area contributed by atoms with Crippen molar-refractivity contribution in [1.82, 2.24) is 4.57 Å². The van der Waals surface area contributed by atoms with Crippen molar-refractivity contribution < 1.29 is 24.6 Å². The summed E-state index contributed by atoms with van der Waals surface area (Å²) in [4.78, 5) is 42.8. The van der Waals surface area contributed by atoms with Gasteiger partial charge in [0.15, 0.2) is 5.78 Å². The third-order valence-corrected chi connectivity index (χ3v) is 11.0. The Kier molecular flexibility index (Phi) is 7.22. The van der Waals surface area contributed by atoms with Crippen molar-refractivity contribution in [2.45, 2.75) is 77.0 Å². The van der Waals surface area contributed by atoms with Gasteiger partial charge in [0.2, 0.25) is 5.91 Å². The quantitative estimate of drug-likeness (QED) is 0.250. The van der Waals surface area contributed by atoms with Crippen LogP contribution in [0.1, 0.15) is 78.3 Å². The average molecular weight is 597 g/mol. The molecule has 2 aliphatic carbocycles. The first kappa shape index (κ1) is 28.0. The van der Waals surface area contributed by atoms with E-state index in [9.17, 15) is 24.6 Å². The Balaban J connectivity index is 1.29. The van der Waals surface area contributed by atoms with Gasteiger partial charge in [-0.1, -0.05) is 37.3 Å². The maximum atomic E-state index is 14.2. The third-order valence-electron chi connectivity index (χ3n) is 9.79. The second-order valence-corrected chi connectivity index (χ2v) is 13.7. The topological polar surface area (TPSA) is 99.8 Å². The number of fused-ring (bicyclic) bond motifs is 5. The lowest BCUT2D eigenvalue weighted by molar-refractivity contribution is -0.124. The Morgan fingerprint density at radius 1 is 0.907 bits per heavy atom. The van der Waals surface area contributed by atoms with Gasteiger partial charge in [-0.3, -0.25) is 9.59 Å². The van der Waals surface area contributed by atoms with Crippen LogP contribution in [0.2, 0.25) is 0 Å². The SMILES string of the molecule is CC1CCC(C(=O)N(c2cc(-c3ccc4c(c3)C(=O)Cn3c-4cc4ccccc43)sc2C(=O)O)C2CCC(O)CC2)CC1. The van der Waals surface area contributed by atoms with Gasteiger partial charge in [-0.15, -0.1) is 11.3 Å². The molecule has 0 atom stereocenters. The van der Waals surface area contributed by atoms with Crippen LogP contribution in [-0.2, 0) is 11.3 Å². The van der Waals surface area contributed by atoms with Crippen molar-refractivity contribution in [2.24, 2.45) is 11.8 Å². The molecule has 2 fully saturated rings. The lowest BCUT2D eigenvalue weighted by Gasteiger charge is -2.38. The number of aromatic nitrogens is 1. The number of para-hydroxylation sites is 1. The summed E-state index contributed by atoms with van der Waals surface area (Å²) < 4.78 is 2.06. The van der Waals surface area contributed by atoms with Gasteiger partial charge in [0.05, 0.1) is 24.0 Å². The van der Waals surface area contributed by atoms with Crippen molar-refractivity contribution in [3.05, 3.63) is 65.0 Å². The first-order chi connectivity index (χ1) is 20.8. The van der Waals surface area contributed by atoms with Crippen LogP contribution in [0.25, 0.3) is 32.6 Å². The predicted octanol–water partition coefficient (Wildman–Crippen LogP) is 7.39. The van der Waals surface area contributed by atoms with E-state index < -0.39 is 5.97 Å². The molecule has 2 saturated carbocycles. The number of Topliss-reactive ketones (excluding diaryl/α,β-unsaturated/α-hetero) is 1. The lowest BCUT2D eigenvalue weighted by atomic mass is 9.81. The molecule has 0 spiro atoms. The van der Waals surface area contributed by atoms with Gasteiger partial charge in [0, 0.05) is 38.9 Å². The molecule has 7 nitrogen and oxygen atoms in total. The van der Waals surface area contributed by atoms with Crippen molar-refractivity contribution in [1.29, 1.82) is 0 Å². The molecular weight excluding hydrogens is 560 g/mol. The molecule has 4 aromatic rings. The smallest absolute Gasteiger partial charge is 0.348 e. The second-order valence-electron chi connectivity index (χ2n) is 12.6. The highest BCUT2D eigenvalue weighted by molar-refractivity contribution is 7.18. The predicted molar refractivity (Wildman–Crippen MR) is 169 cm³/mol. The Hall–Kier alpha value is -3.75.